The lowest BCUT2D eigenvalue weighted by molar-refractivity contribution is -0.151. The van der Waals surface area contributed by atoms with Crippen LogP contribution in [0, 0.1) is 11.8 Å². The Balaban J connectivity index is 2.47. The molecular formula is C13H12O5. The third kappa shape index (κ3) is 2.11. The zero-order valence-corrected chi connectivity index (χ0v) is 9.50. The SMILES string of the molecule is O=C(O)C1Cc2ccccc2CC(C(=O)O)C1=O. The van der Waals surface area contributed by atoms with Crippen LogP contribution < -0.4 is 0 Å². The largest absolute Gasteiger partial charge is 0.481 e. The number of aliphatic carboxylic acids is 2. The Kier molecular flexibility index (Phi) is 3.14. The van der Waals surface area contributed by atoms with Gasteiger partial charge in [0.1, 0.15) is 11.8 Å². The molecule has 1 aliphatic rings. The maximum absolute atomic E-state index is 11.9. The number of carbonyl (C=O) groups is 3. The smallest absolute Gasteiger partial charge is 0.314 e. The van der Waals surface area contributed by atoms with E-state index < -0.39 is 29.6 Å². The third-order valence-electron chi connectivity index (χ3n) is 3.25. The van der Waals surface area contributed by atoms with E-state index in [2.05, 4.69) is 0 Å². The predicted octanol–water partition coefficient (Wildman–Crippen LogP) is 0.756. The molecule has 2 atom stereocenters. The van der Waals surface area contributed by atoms with Crippen LogP contribution in [0.3, 0.4) is 0 Å². The molecule has 2 unspecified atom stereocenters. The van der Waals surface area contributed by atoms with Gasteiger partial charge in [-0.1, -0.05) is 24.3 Å². The van der Waals surface area contributed by atoms with Crippen molar-refractivity contribution in [2.45, 2.75) is 12.8 Å². The van der Waals surface area contributed by atoms with E-state index in [1.54, 1.807) is 24.3 Å². The topological polar surface area (TPSA) is 91.7 Å². The molecule has 5 nitrogen and oxygen atoms in total. The molecule has 0 spiro atoms. The van der Waals surface area contributed by atoms with Crippen molar-refractivity contribution in [2.24, 2.45) is 11.8 Å². The molecule has 0 radical (unpaired) electrons. The van der Waals surface area contributed by atoms with Crippen LogP contribution in [0.2, 0.25) is 0 Å². The molecule has 1 aromatic rings. The number of hydrogen-bond donors (Lipinski definition) is 2. The fourth-order valence-electron chi connectivity index (χ4n) is 2.26. The number of Topliss-reactive ketones (excluding diaryl/α,β-unsaturated/α-hetero) is 1. The van der Waals surface area contributed by atoms with Gasteiger partial charge in [-0.2, -0.15) is 0 Å². The molecule has 1 aliphatic carbocycles. The van der Waals surface area contributed by atoms with Crippen LogP contribution in [0.5, 0.6) is 0 Å². The Bertz CT molecular complexity index is 475. The van der Waals surface area contributed by atoms with Crippen molar-refractivity contribution in [2.75, 3.05) is 0 Å². The normalized spacial score (nSPS) is 23.0. The average Bonchev–Trinajstić information content (AvgIpc) is 2.46. The van der Waals surface area contributed by atoms with Crippen molar-refractivity contribution in [1.29, 1.82) is 0 Å². The Morgan fingerprint density at radius 2 is 1.33 bits per heavy atom. The van der Waals surface area contributed by atoms with E-state index in [9.17, 15) is 14.4 Å². The maximum atomic E-state index is 11.9. The van der Waals surface area contributed by atoms with Gasteiger partial charge in [-0.05, 0) is 24.0 Å². The summed E-state index contributed by atoms with van der Waals surface area (Å²) >= 11 is 0. The zero-order valence-electron chi connectivity index (χ0n) is 9.50. The predicted molar refractivity (Wildman–Crippen MR) is 61.1 cm³/mol. The standard InChI is InChI=1S/C13H12O5/c14-11-9(12(15)16)5-7-3-1-2-4-8(7)6-10(11)13(17)18/h1-4,9-10H,5-6H2,(H,15,16)(H,17,18). The minimum atomic E-state index is -1.27. The van der Waals surface area contributed by atoms with E-state index in [-0.39, 0.29) is 12.8 Å². The number of ketones is 1. The van der Waals surface area contributed by atoms with Gasteiger partial charge in [0, 0.05) is 0 Å². The molecule has 2 N–H and O–H groups in total. The molecule has 0 aliphatic heterocycles. The molecule has 0 amide bonds. The van der Waals surface area contributed by atoms with Gasteiger partial charge in [0.15, 0.2) is 5.78 Å². The van der Waals surface area contributed by atoms with Gasteiger partial charge >= 0.3 is 11.9 Å². The van der Waals surface area contributed by atoms with Gasteiger partial charge < -0.3 is 10.2 Å². The van der Waals surface area contributed by atoms with E-state index in [1.165, 1.54) is 0 Å². The quantitative estimate of drug-likeness (QED) is 0.595. The van der Waals surface area contributed by atoms with Crippen LogP contribution in [-0.4, -0.2) is 27.9 Å². The van der Waals surface area contributed by atoms with Crippen LogP contribution in [0.15, 0.2) is 24.3 Å². The Hall–Kier alpha value is -2.17. The lowest BCUT2D eigenvalue weighted by Crippen LogP contribution is -2.34. The fraction of sp³-hybridized carbons (Fsp3) is 0.308. The van der Waals surface area contributed by atoms with E-state index in [4.69, 9.17) is 10.2 Å². The summed E-state index contributed by atoms with van der Waals surface area (Å²) in [5.74, 6) is -5.78. The summed E-state index contributed by atoms with van der Waals surface area (Å²) in [5, 5.41) is 18.1. The van der Waals surface area contributed by atoms with Crippen molar-refractivity contribution in [1.82, 2.24) is 0 Å². The Labute approximate surface area is 103 Å². The maximum Gasteiger partial charge on any atom is 0.314 e. The van der Waals surface area contributed by atoms with Crippen LogP contribution in [0.1, 0.15) is 11.1 Å². The second-order valence-electron chi connectivity index (χ2n) is 4.36. The molecule has 1 aromatic carbocycles. The van der Waals surface area contributed by atoms with E-state index in [0.29, 0.717) is 0 Å². The van der Waals surface area contributed by atoms with E-state index in [1.807, 2.05) is 0 Å². The summed E-state index contributed by atoms with van der Waals surface area (Å²) < 4.78 is 0. The first-order valence-corrected chi connectivity index (χ1v) is 5.57. The van der Waals surface area contributed by atoms with Gasteiger partial charge in [-0.3, -0.25) is 14.4 Å². The lowest BCUT2D eigenvalue weighted by atomic mass is 9.91. The Morgan fingerprint density at radius 3 is 1.67 bits per heavy atom. The highest BCUT2D eigenvalue weighted by molar-refractivity contribution is 6.08. The van der Waals surface area contributed by atoms with Crippen LogP contribution >= 0.6 is 0 Å². The molecule has 0 heterocycles. The number of hydrogen-bond acceptors (Lipinski definition) is 3. The second kappa shape index (κ2) is 4.60. The molecule has 0 bridgehead atoms. The van der Waals surface area contributed by atoms with Crippen molar-refractivity contribution in [3.8, 4) is 0 Å². The Morgan fingerprint density at radius 1 is 0.944 bits per heavy atom. The lowest BCUT2D eigenvalue weighted by Gasteiger charge is -2.11. The summed E-state index contributed by atoms with van der Waals surface area (Å²) in [6.07, 6.45) is 0.127. The molecule has 2 rings (SSSR count). The molecular weight excluding hydrogens is 236 g/mol. The van der Waals surface area contributed by atoms with Crippen molar-refractivity contribution < 1.29 is 24.6 Å². The van der Waals surface area contributed by atoms with Crippen LogP contribution in [0.25, 0.3) is 0 Å². The molecule has 0 aromatic heterocycles. The van der Waals surface area contributed by atoms with Crippen molar-refractivity contribution in [3.63, 3.8) is 0 Å². The highest BCUT2D eigenvalue weighted by Gasteiger charge is 2.39. The number of carboxylic acid groups (broad SMARTS) is 2. The van der Waals surface area contributed by atoms with Gasteiger partial charge in [0.25, 0.3) is 0 Å². The zero-order chi connectivity index (χ0) is 13.3. The molecule has 0 saturated heterocycles. The minimum absolute atomic E-state index is 0.0636. The minimum Gasteiger partial charge on any atom is -0.481 e. The summed E-state index contributed by atoms with van der Waals surface area (Å²) in [5.41, 5.74) is 1.48. The first-order chi connectivity index (χ1) is 8.50. The van der Waals surface area contributed by atoms with Crippen LogP contribution in [0.4, 0.5) is 0 Å². The van der Waals surface area contributed by atoms with Crippen molar-refractivity contribution >= 4 is 17.7 Å². The molecule has 94 valence electrons. The molecule has 0 fully saturated rings. The fourth-order valence-corrected chi connectivity index (χ4v) is 2.26. The van der Waals surface area contributed by atoms with Crippen LogP contribution in [-0.2, 0) is 27.2 Å². The van der Waals surface area contributed by atoms with E-state index in [0.717, 1.165) is 11.1 Å². The monoisotopic (exact) mass is 248 g/mol. The summed E-state index contributed by atoms with van der Waals surface area (Å²) in [4.78, 5) is 34.1. The first-order valence-electron chi connectivity index (χ1n) is 5.57. The third-order valence-corrected chi connectivity index (χ3v) is 3.25. The molecule has 18 heavy (non-hydrogen) atoms. The number of carboxylic acids is 2. The summed E-state index contributed by atoms with van der Waals surface area (Å²) in [6.45, 7) is 0. The van der Waals surface area contributed by atoms with Gasteiger partial charge in [0.2, 0.25) is 0 Å². The summed E-state index contributed by atoms with van der Waals surface area (Å²) in [7, 11) is 0. The highest BCUT2D eigenvalue weighted by Crippen LogP contribution is 2.26. The highest BCUT2D eigenvalue weighted by atomic mass is 16.4. The van der Waals surface area contributed by atoms with E-state index >= 15 is 0 Å². The first kappa shape index (κ1) is 12.3. The number of carbonyl (C=O) groups excluding carboxylic acids is 1. The van der Waals surface area contributed by atoms with Gasteiger partial charge in [0.05, 0.1) is 0 Å². The summed E-state index contributed by atoms with van der Waals surface area (Å²) in [6, 6.07) is 6.98. The average molecular weight is 248 g/mol. The molecule has 5 heteroatoms. The molecule has 0 saturated carbocycles. The van der Waals surface area contributed by atoms with Crippen molar-refractivity contribution in [3.05, 3.63) is 35.4 Å². The second-order valence-corrected chi connectivity index (χ2v) is 4.36. The number of fused-ring (bicyclic) bond motifs is 1. The number of benzene rings is 1. The van der Waals surface area contributed by atoms with Gasteiger partial charge in [-0.15, -0.1) is 0 Å². The van der Waals surface area contributed by atoms with Gasteiger partial charge in [-0.25, -0.2) is 0 Å². The number of rotatable bonds is 2.